The first-order valence-corrected chi connectivity index (χ1v) is 9.54. The van der Waals surface area contributed by atoms with Crippen LogP contribution in [0.4, 0.5) is 4.39 Å². The second-order valence-electron chi connectivity index (χ2n) is 8.00. The fourth-order valence-corrected chi connectivity index (χ4v) is 4.87. The molecule has 136 valence electrons. The lowest BCUT2D eigenvalue weighted by Gasteiger charge is -2.27. The Morgan fingerprint density at radius 1 is 1.23 bits per heavy atom. The number of carbonyl (C=O) groups excluding carboxylic acids is 1. The molecule has 1 N–H and O–H groups in total. The van der Waals surface area contributed by atoms with E-state index in [1.54, 1.807) is 6.07 Å². The minimum absolute atomic E-state index is 0.0256. The van der Waals surface area contributed by atoms with Gasteiger partial charge in [-0.15, -0.1) is 0 Å². The number of hydrogen-bond donors (Lipinski definition) is 1. The first-order chi connectivity index (χ1) is 12.7. The van der Waals surface area contributed by atoms with Crippen LogP contribution in [0.5, 0.6) is 0 Å². The highest BCUT2D eigenvalue weighted by atomic mass is 19.1. The minimum atomic E-state index is -0.284. The monoisotopic (exact) mass is 355 g/mol. The maximum atomic E-state index is 13.3. The average molecular weight is 355 g/mol. The number of aromatic nitrogens is 2. The van der Waals surface area contributed by atoms with E-state index in [1.807, 2.05) is 6.07 Å². The number of carbonyl (C=O) groups is 1. The molecule has 3 aliphatic rings. The number of rotatable bonds is 5. The molecule has 2 aromatic rings. The number of hydrogen-bond acceptors (Lipinski definition) is 4. The van der Waals surface area contributed by atoms with Gasteiger partial charge in [0.15, 0.2) is 5.82 Å². The molecule has 6 heteroatoms. The molecule has 0 unspecified atom stereocenters. The molecule has 1 aromatic heterocycles. The highest BCUT2D eigenvalue weighted by Gasteiger charge is 2.53. The third kappa shape index (κ3) is 2.81. The second-order valence-corrected chi connectivity index (χ2v) is 8.00. The van der Waals surface area contributed by atoms with E-state index in [9.17, 15) is 9.18 Å². The molecule has 1 aromatic carbocycles. The molecule has 1 amide bonds. The van der Waals surface area contributed by atoms with Crippen molar-refractivity contribution in [2.45, 2.75) is 50.5 Å². The lowest BCUT2D eigenvalue weighted by Crippen LogP contribution is -2.37. The van der Waals surface area contributed by atoms with Gasteiger partial charge in [-0.05, 0) is 61.6 Å². The van der Waals surface area contributed by atoms with Crippen molar-refractivity contribution in [1.82, 2.24) is 15.5 Å². The first kappa shape index (κ1) is 16.0. The van der Waals surface area contributed by atoms with Crippen LogP contribution in [0.3, 0.4) is 0 Å². The van der Waals surface area contributed by atoms with Crippen LogP contribution >= 0.6 is 0 Å². The normalized spacial score (nSPS) is 29.9. The third-order valence-corrected chi connectivity index (χ3v) is 6.26. The summed E-state index contributed by atoms with van der Waals surface area (Å²) in [5.74, 6) is 2.39. The van der Waals surface area contributed by atoms with Crippen LogP contribution in [0.25, 0.3) is 0 Å². The maximum Gasteiger partial charge on any atom is 0.230 e. The van der Waals surface area contributed by atoms with Crippen molar-refractivity contribution >= 4 is 5.91 Å². The van der Waals surface area contributed by atoms with E-state index in [2.05, 4.69) is 15.5 Å². The van der Waals surface area contributed by atoms with Gasteiger partial charge in [0.1, 0.15) is 5.82 Å². The van der Waals surface area contributed by atoms with E-state index in [1.165, 1.54) is 12.1 Å². The zero-order valence-electron chi connectivity index (χ0n) is 14.5. The average Bonchev–Trinajstić information content (AvgIpc) is 3.07. The summed E-state index contributed by atoms with van der Waals surface area (Å²) in [6.45, 7) is 0.342. The Hall–Kier alpha value is -2.24. The van der Waals surface area contributed by atoms with Crippen molar-refractivity contribution in [3.63, 3.8) is 0 Å². The number of fused-ring (bicyclic) bond motifs is 2. The number of nitrogens with one attached hydrogen (secondary N) is 1. The predicted octanol–water partition coefficient (Wildman–Crippen LogP) is 3.53. The zero-order valence-corrected chi connectivity index (χ0v) is 14.5. The van der Waals surface area contributed by atoms with E-state index in [0.29, 0.717) is 30.2 Å². The van der Waals surface area contributed by atoms with Crippen molar-refractivity contribution in [1.29, 1.82) is 0 Å². The highest BCUT2D eigenvalue weighted by Crippen LogP contribution is 2.56. The summed E-state index contributed by atoms with van der Waals surface area (Å²) in [7, 11) is 0. The van der Waals surface area contributed by atoms with E-state index in [4.69, 9.17) is 4.52 Å². The van der Waals surface area contributed by atoms with Crippen LogP contribution in [-0.2, 0) is 11.3 Å². The molecule has 0 spiro atoms. The smallest absolute Gasteiger partial charge is 0.230 e. The summed E-state index contributed by atoms with van der Waals surface area (Å²) in [5.41, 5.74) is 0.770. The van der Waals surface area contributed by atoms with Gasteiger partial charge in [-0.25, -0.2) is 4.39 Å². The van der Waals surface area contributed by atoms with Crippen molar-refractivity contribution in [3.05, 3.63) is 47.4 Å². The molecule has 5 nitrogen and oxygen atoms in total. The highest BCUT2D eigenvalue weighted by molar-refractivity contribution is 5.80. The van der Waals surface area contributed by atoms with Crippen LogP contribution in [0.15, 0.2) is 28.8 Å². The van der Waals surface area contributed by atoms with Crippen LogP contribution < -0.4 is 5.32 Å². The van der Waals surface area contributed by atoms with E-state index >= 15 is 0 Å². The van der Waals surface area contributed by atoms with Crippen LogP contribution in [0.2, 0.25) is 0 Å². The Morgan fingerprint density at radius 3 is 2.88 bits per heavy atom. The van der Waals surface area contributed by atoms with Crippen molar-refractivity contribution < 1.29 is 13.7 Å². The summed E-state index contributed by atoms with van der Waals surface area (Å²) >= 11 is 0. The van der Waals surface area contributed by atoms with E-state index in [0.717, 1.165) is 43.5 Å². The molecule has 2 bridgehead atoms. The van der Waals surface area contributed by atoms with Crippen molar-refractivity contribution in [2.75, 3.05) is 0 Å². The molecule has 0 aliphatic heterocycles. The number of amides is 1. The Morgan fingerprint density at radius 2 is 2.08 bits per heavy atom. The van der Waals surface area contributed by atoms with Crippen LogP contribution in [0, 0.1) is 23.6 Å². The lowest BCUT2D eigenvalue weighted by atomic mass is 9.78. The van der Waals surface area contributed by atoms with Crippen LogP contribution in [0.1, 0.15) is 61.2 Å². The molecule has 0 radical (unpaired) electrons. The van der Waals surface area contributed by atoms with Gasteiger partial charge in [-0.2, -0.15) is 4.98 Å². The Balaban J connectivity index is 1.32. The lowest BCUT2D eigenvalue weighted by molar-refractivity contribution is -0.127. The standard InChI is InChI=1S/C20H22FN3O2/c21-15-3-1-2-11(8-15)10-22-19(25)16-13-6-7-14(9-13)17(16)20-23-18(24-26-20)12-4-5-12/h1-3,8,12-14,16-17H,4-7,9-10H2,(H,22,25)/t13-,14+,16-,17-/m0/s1. The molecule has 1 heterocycles. The largest absolute Gasteiger partial charge is 0.352 e. The summed E-state index contributed by atoms with van der Waals surface area (Å²) in [6, 6.07) is 6.35. The molecule has 4 atom stereocenters. The van der Waals surface area contributed by atoms with Gasteiger partial charge in [0.25, 0.3) is 0 Å². The molecular formula is C20H22FN3O2. The summed E-state index contributed by atoms with van der Waals surface area (Å²) in [6.07, 6.45) is 5.54. The first-order valence-electron chi connectivity index (χ1n) is 9.54. The topological polar surface area (TPSA) is 68.0 Å². The van der Waals surface area contributed by atoms with E-state index < -0.39 is 0 Å². The van der Waals surface area contributed by atoms with Gasteiger partial charge >= 0.3 is 0 Å². The molecule has 0 saturated heterocycles. The second kappa shape index (κ2) is 6.18. The molecular weight excluding hydrogens is 333 g/mol. The molecule has 3 saturated carbocycles. The minimum Gasteiger partial charge on any atom is -0.352 e. The molecule has 3 fully saturated rings. The maximum absolute atomic E-state index is 13.3. The van der Waals surface area contributed by atoms with Gasteiger partial charge in [0, 0.05) is 12.5 Å². The van der Waals surface area contributed by atoms with Crippen molar-refractivity contribution in [3.8, 4) is 0 Å². The fourth-order valence-electron chi connectivity index (χ4n) is 4.87. The summed E-state index contributed by atoms with van der Waals surface area (Å²) < 4.78 is 18.9. The Bertz CT molecular complexity index is 832. The van der Waals surface area contributed by atoms with Crippen molar-refractivity contribution in [2.24, 2.45) is 17.8 Å². The SMILES string of the molecule is O=C(NCc1cccc(F)c1)[C@H]1[C@H]2CC[C@H](C2)[C@@H]1c1nc(C2CC2)no1. The van der Waals surface area contributed by atoms with Crippen LogP contribution in [-0.4, -0.2) is 16.0 Å². The Kier molecular flexibility index (Phi) is 3.80. The Labute approximate surface area is 151 Å². The van der Waals surface area contributed by atoms with Gasteiger partial charge < -0.3 is 9.84 Å². The predicted molar refractivity (Wildman–Crippen MR) is 91.6 cm³/mol. The van der Waals surface area contributed by atoms with Gasteiger partial charge in [0.05, 0.1) is 11.8 Å². The van der Waals surface area contributed by atoms with Gasteiger partial charge in [-0.3, -0.25) is 4.79 Å². The molecule has 5 rings (SSSR count). The number of halogens is 1. The molecule has 26 heavy (non-hydrogen) atoms. The number of nitrogens with zero attached hydrogens (tertiary/aromatic N) is 2. The van der Waals surface area contributed by atoms with E-state index in [-0.39, 0.29) is 23.6 Å². The summed E-state index contributed by atoms with van der Waals surface area (Å²) in [5, 5.41) is 7.14. The number of benzene rings is 1. The summed E-state index contributed by atoms with van der Waals surface area (Å²) in [4.78, 5) is 17.6. The molecule has 3 aliphatic carbocycles. The van der Waals surface area contributed by atoms with Gasteiger partial charge in [-0.1, -0.05) is 17.3 Å². The fraction of sp³-hybridized carbons (Fsp3) is 0.550. The zero-order chi connectivity index (χ0) is 17.7. The quantitative estimate of drug-likeness (QED) is 0.891. The third-order valence-electron chi connectivity index (χ3n) is 6.26. The van der Waals surface area contributed by atoms with Gasteiger partial charge in [0.2, 0.25) is 11.8 Å².